The normalized spacial score (nSPS) is 13.4. The zero-order valence-corrected chi connectivity index (χ0v) is 15.7. The second-order valence-electron chi connectivity index (χ2n) is 6.67. The summed E-state index contributed by atoms with van der Waals surface area (Å²) < 4.78 is 11.5. The summed E-state index contributed by atoms with van der Waals surface area (Å²) in [5.74, 6) is 2.20. The highest BCUT2D eigenvalue weighted by atomic mass is 32.2. The van der Waals surface area contributed by atoms with Crippen LogP contribution < -0.4 is 4.74 Å². The molecule has 26 heavy (non-hydrogen) atoms. The monoisotopic (exact) mass is 366 g/mol. The summed E-state index contributed by atoms with van der Waals surface area (Å²) in [4.78, 5) is 0. The van der Waals surface area contributed by atoms with Crippen LogP contribution in [-0.2, 0) is 25.2 Å². The molecule has 0 saturated heterocycles. The van der Waals surface area contributed by atoms with Crippen molar-refractivity contribution >= 4 is 11.8 Å². The SMILES string of the molecule is Cc1cccc(CSc2nnc(COc3ccc4c(c3)CCCC4)o2)c1. The van der Waals surface area contributed by atoms with Gasteiger partial charge in [0.25, 0.3) is 11.1 Å². The van der Waals surface area contributed by atoms with Crippen LogP contribution in [0.25, 0.3) is 0 Å². The zero-order valence-electron chi connectivity index (χ0n) is 14.9. The fourth-order valence-corrected chi connectivity index (χ4v) is 3.97. The van der Waals surface area contributed by atoms with Gasteiger partial charge in [-0.3, -0.25) is 0 Å². The molecule has 3 aromatic rings. The lowest BCUT2D eigenvalue weighted by Crippen LogP contribution is -2.03. The Hall–Kier alpha value is -2.27. The molecular weight excluding hydrogens is 344 g/mol. The van der Waals surface area contributed by atoms with Gasteiger partial charge in [0.15, 0.2) is 6.61 Å². The number of aromatic nitrogens is 2. The van der Waals surface area contributed by atoms with E-state index < -0.39 is 0 Å². The predicted octanol–water partition coefficient (Wildman–Crippen LogP) is 5.13. The van der Waals surface area contributed by atoms with E-state index in [9.17, 15) is 0 Å². The summed E-state index contributed by atoms with van der Waals surface area (Å²) in [5, 5.41) is 8.77. The number of benzene rings is 2. The van der Waals surface area contributed by atoms with Crippen LogP contribution in [0.1, 0.15) is 41.0 Å². The maximum absolute atomic E-state index is 5.84. The molecule has 0 unspecified atom stereocenters. The van der Waals surface area contributed by atoms with Crippen molar-refractivity contribution in [1.29, 1.82) is 0 Å². The molecule has 4 rings (SSSR count). The lowest BCUT2D eigenvalue weighted by molar-refractivity contribution is 0.252. The maximum Gasteiger partial charge on any atom is 0.277 e. The van der Waals surface area contributed by atoms with Crippen molar-refractivity contribution < 1.29 is 9.15 Å². The van der Waals surface area contributed by atoms with Crippen LogP contribution in [0.2, 0.25) is 0 Å². The van der Waals surface area contributed by atoms with Crippen LogP contribution in [0.3, 0.4) is 0 Å². The standard InChI is InChI=1S/C21H22N2O2S/c1-15-5-4-6-16(11-15)14-26-21-23-22-20(25-21)13-24-19-10-9-17-7-2-3-8-18(17)12-19/h4-6,9-12H,2-3,7-8,13-14H2,1H3. The van der Waals surface area contributed by atoms with E-state index in [0.29, 0.717) is 17.7 Å². The van der Waals surface area contributed by atoms with Crippen LogP contribution in [0.15, 0.2) is 52.1 Å². The van der Waals surface area contributed by atoms with Crippen LogP contribution in [0, 0.1) is 6.92 Å². The highest BCUT2D eigenvalue weighted by Gasteiger charge is 2.11. The lowest BCUT2D eigenvalue weighted by Gasteiger charge is -2.16. The summed E-state index contributed by atoms with van der Waals surface area (Å²) in [6, 6.07) is 14.8. The number of hydrogen-bond donors (Lipinski definition) is 0. The van der Waals surface area contributed by atoms with Gasteiger partial charge in [-0.2, -0.15) is 0 Å². The van der Waals surface area contributed by atoms with Gasteiger partial charge in [0, 0.05) is 5.75 Å². The van der Waals surface area contributed by atoms with Crippen molar-refractivity contribution in [3.63, 3.8) is 0 Å². The fraction of sp³-hybridized carbons (Fsp3) is 0.333. The first-order valence-corrected chi connectivity index (χ1v) is 10.0. The smallest absolute Gasteiger partial charge is 0.277 e. The van der Waals surface area contributed by atoms with Gasteiger partial charge in [-0.1, -0.05) is 47.7 Å². The minimum absolute atomic E-state index is 0.302. The van der Waals surface area contributed by atoms with E-state index in [-0.39, 0.29) is 0 Å². The molecule has 0 radical (unpaired) electrons. The molecule has 1 aliphatic carbocycles. The molecule has 0 spiro atoms. The van der Waals surface area contributed by atoms with E-state index in [4.69, 9.17) is 9.15 Å². The molecule has 0 aliphatic heterocycles. The molecule has 0 amide bonds. The average molecular weight is 366 g/mol. The number of thioether (sulfide) groups is 1. The quantitative estimate of drug-likeness (QED) is 0.566. The third-order valence-electron chi connectivity index (χ3n) is 4.58. The van der Waals surface area contributed by atoms with Gasteiger partial charge in [0.2, 0.25) is 0 Å². The van der Waals surface area contributed by atoms with Crippen LogP contribution in [-0.4, -0.2) is 10.2 Å². The number of hydrogen-bond acceptors (Lipinski definition) is 5. The number of aryl methyl sites for hydroxylation is 3. The third kappa shape index (κ3) is 4.28. The predicted molar refractivity (Wildman–Crippen MR) is 102 cm³/mol. The first kappa shape index (κ1) is 17.2. The Balaban J connectivity index is 1.32. The van der Waals surface area contributed by atoms with Crippen molar-refractivity contribution in [2.45, 2.75) is 50.2 Å². The number of ether oxygens (including phenoxy) is 1. The lowest BCUT2D eigenvalue weighted by atomic mass is 9.92. The topological polar surface area (TPSA) is 48.2 Å². The molecule has 4 nitrogen and oxygen atoms in total. The van der Waals surface area contributed by atoms with Gasteiger partial charge in [-0.25, -0.2) is 0 Å². The minimum Gasteiger partial charge on any atom is -0.484 e. The highest BCUT2D eigenvalue weighted by molar-refractivity contribution is 7.98. The Morgan fingerprint density at radius 3 is 2.81 bits per heavy atom. The van der Waals surface area contributed by atoms with Crippen LogP contribution >= 0.6 is 11.8 Å². The molecule has 1 aromatic heterocycles. The molecule has 0 saturated carbocycles. The van der Waals surface area contributed by atoms with Crippen molar-refractivity contribution in [3.8, 4) is 5.75 Å². The van der Waals surface area contributed by atoms with E-state index in [2.05, 4.69) is 53.5 Å². The fourth-order valence-electron chi connectivity index (χ4n) is 3.25. The number of rotatable bonds is 6. The minimum atomic E-state index is 0.302. The first-order chi connectivity index (χ1) is 12.8. The van der Waals surface area contributed by atoms with Crippen molar-refractivity contribution in [3.05, 3.63) is 70.6 Å². The Bertz CT molecular complexity index is 891. The molecule has 5 heteroatoms. The number of nitrogens with zero attached hydrogens (tertiary/aromatic N) is 2. The van der Waals surface area contributed by atoms with E-state index in [1.54, 1.807) is 11.8 Å². The summed E-state index contributed by atoms with van der Waals surface area (Å²) in [6.45, 7) is 2.40. The Morgan fingerprint density at radius 2 is 1.92 bits per heavy atom. The Kier molecular flexibility index (Phi) is 5.25. The van der Waals surface area contributed by atoms with Crippen LogP contribution in [0.5, 0.6) is 5.75 Å². The second-order valence-corrected chi connectivity index (χ2v) is 7.59. The molecule has 0 atom stereocenters. The van der Waals surface area contributed by atoms with Gasteiger partial charge in [-0.05, 0) is 61.4 Å². The van der Waals surface area contributed by atoms with Gasteiger partial charge in [0.1, 0.15) is 5.75 Å². The van der Waals surface area contributed by atoms with E-state index in [1.165, 1.54) is 41.5 Å². The van der Waals surface area contributed by atoms with E-state index in [1.807, 2.05) is 6.07 Å². The molecule has 0 N–H and O–H groups in total. The molecule has 134 valence electrons. The Morgan fingerprint density at radius 1 is 1.04 bits per heavy atom. The molecule has 0 bridgehead atoms. The summed E-state index contributed by atoms with van der Waals surface area (Å²) in [5.41, 5.74) is 5.37. The van der Waals surface area contributed by atoms with Crippen molar-refractivity contribution in [2.24, 2.45) is 0 Å². The van der Waals surface area contributed by atoms with Gasteiger partial charge < -0.3 is 9.15 Å². The summed E-state index contributed by atoms with van der Waals surface area (Å²) >= 11 is 1.55. The van der Waals surface area contributed by atoms with Crippen molar-refractivity contribution in [2.75, 3.05) is 0 Å². The van der Waals surface area contributed by atoms with E-state index in [0.717, 1.165) is 17.9 Å². The summed E-state index contributed by atoms with van der Waals surface area (Å²) in [7, 11) is 0. The third-order valence-corrected chi connectivity index (χ3v) is 5.46. The molecule has 1 heterocycles. The molecular formula is C21H22N2O2S. The summed E-state index contributed by atoms with van der Waals surface area (Å²) in [6.07, 6.45) is 4.88. The van der Waals surface area contributed by atoms with Crippen LogP contribution in [0.4, 0.5) is 0 Å². The van der Waals surface area contributed by atoms with E-state index >= 15 is 0 Å². The van der Waals surface area contributed by atoms with Crippen molar-refractivity contribution in [1.82, 2.24) is 10.2 Å². The van der Waals surface area contributed by atoms with Gasteiger partial charge in [-0.15, -0.1) is 10.2 Å². The van der Waals surface area contributed by atoms with Gasteiger partial charge >= 0.3 is 0 Å². The first-order valence-electron chi connectivity index (χ1n) is 9.01. The highest BCUT2D eigenvalue weighted by Crippen LogP contribution is 2.26. The average Bonchev–Trinajstić information content (AvgIpc) is 3.13. The molecule has 0 fully saturated rings. The molecule has 2 aromatic carbocycles. The number of fused-ring (bicyclic) bond motifs is 1. The largest absolute Gasteiger partial charge is 0.484 e. The maximum atomic E-state index is 5.84. The van der Waals surface area contributed by atoms with Gasteiger partial charge in [0.05, 0.1) is 0 Å². The second kappa shape index (κ2) is 7.96. The zero-order chi connectivity index (χ0) is 17.8. The Labute approximate surface area is 158 Å². The molecule has 1 aliphatic rings.